The van der Waals surface area contributed by atoms with Crippen molar-refractivity contribution in [3.8, 4) is 96.9 Å². The smallest absolute Gasteiger partial charge is 0.417 e. The molecule has 33 heteroatoms. The summed E-state index contributed by atoms with van der Waals surface area (Å²) in [7, 11) is 0. The summed E-state index contributed by atoms with van der Waals surface area (Å²) in [5.74, 6) is -5.91. The zero-order valence-electron chi connectivity index (χ0n) is 75.6. The quantitative estimate of drug-likeness (QED) is 0.0378. The molecule has 8 aromatic carbocycles. The first kappa shape index (κ1) is 112. The minimum atomic E-state index is -4.34. The van der Waals surface area contributed by atoms with Crippen molar-refractivity contribution in [1.82, 2.24) is 55.1 Å². The minimum absolute atomic E-state index is 0. The second-order valence-electron chi connectivity index (χ2n) is 32.0. The van der Waals surface area contributed by atoms with Crippen molar-refractivity contribution in [3.63, 3.8) is 0 Å². The number of para-hydroxylation sites is 2. The van der Waals surface area contributed by atoms with Crippen molar-refractivity contribution in [1.29, 1.82) is 10.5 Å². The van der Waals surface area contributed by atoms with E-state index in [0.717, 1.165) is 98.4 Å². The number of aliphatic hydroxyl groups excluding tert-OH is 2. The Morgan fingerprint density at radius 2 is 0.906 bits per heavy atom. The number of rotatable bonds is 12. The van der Waals surface area contributed by atoms with Gasteiger partial charge in [-0.2, -0.15) is 63.9 Å². The number of amides is 2. The molecule has 0 bridgehead atoms. The predicted octanol–water partition coefficient (Wildman–Crippen LogP) is 23.8. The van der Waals surface area contributed by atoms with Crippen LogP contribution in [0.2, 0.25) is 0 Å². The van der Waals surface area contributed by atoms with Gasteiger partial charge in [0.1, 0.15) is 17.1 Å². The first-order valence-electron chi connectivity index (χ1n) is 41.6. The van der Waals surface area contributed by atoms with Gasteiger partial charge >= 0.3 is 6.18 Å². The fraction of sp³-hybridized carbons (Fsp3) is 0.132. The normalized spacial score (nSPS) is 12.3. The van der Waals surface area contributed by atoms with Crippen molar-refractivity contribution in [2.24, 2.45) is 21.0 Å². The molecule has 2 aliphatic rings. The third kappa shape index (κ3) is 32.9. The number of nitrogens with zero attached hydrogens (tertiary/aromatic N) is 17. The van der Waals surface area contributed by atoms with Gasteiger partial charge < -0.3 is 40.6 Å². The van der Waals surface area contributed by atoms with Gasteiger partial charge in [0.25, 0.3) is 11.8 Å². The molecule has 21 nitrogen and oxygen atoms in total. The summed E-state index contributed by atoms with van der Waals surface area (Å²) in [6.45, 7) is 17.4. The van der Waals surface area contributed by atoms with Crippen LogP contribution in [-0.4, -0.2) is 78.9 Å². The number of allylic oxidation sites excluding steroid dienone is 2. The SMILES string of the molecule is CC(C)(C)CC(O)=C1C=NN(c2ccccc2)C1=O.CC1=NN(c2ccccc2)C(=O)C1=C(O)CC(C)(C)C.Cc1cc(C)n(-c2[c-]cc(F)cc2F)n1.FC(F)(F)c1ccc(-c2[c-]cccc2)nc1.Fc1cc(-c2[c-]cccc2)nc(F)c1F.N#Cc1ccc(-c2cc(-c3ccccn3)[n-]n2)cc1.N#Cc1ccc(-c2cc(-c3ccccn3)[n-]n2)cc1.[Ir].[Ir].[Ir].[Ir].[c-]1ccccc1-c1ccccn1. The number of anilines is 2. The predicted molar refractivity (Wildman–Crippen MR) is 501 cm³/mol. The van der Waals surface area contributed by atoms with E-state index < -0.39 is 41.0 Å². The number of benzene rings is 8. The molecule has 716 valence electrons. The van der Waals surface area contributed by atoms with Crippen LogP contribution in [0.15, 0.2) is 343 Å². The topological polar surface area (TPSA) is 290 Å². The molecule has 0 spiro atoms. The third-order valence-electron chi connectivity index (χ3n) is 18.9. The summed E-state index contributed by atoms with van der Waals surface area (Å²) >= 11 is 0. The van der Waals surface area contributed by atoms with Crippen molar-refractivity contribution >= 4 is 35.1 Å². The molecule has 0 unspecified atom stereocenters. The Labute approximate surface area is 852 Å². The van der Waals surface area contributed by atoms with Gasteiger partial charge in [0.15, 0.2) is 5.82 Å². The average Bonchev–Trinajstić information content (AvgIpc) is 1.52. The van der Waals surface area contributed by atoms with E-state index in [1.54, 1.807) is 117 Å². The molecule has 0 fully saturated rings. The average molecular weight is 2580 g/mol. The first-order chi connectivity index (χ1) is 64.7. The van der Waals surface area contributed by atoms with E-state index in [9.17, 15) is 54.9 Å². The van der Waals surface area contributed by atoms with E-state index in [4.69, 9.17) is 10.5 Å². The maximum absolute atomic E-state index is 13.4. The third-order valence-corrected chi connectivity index (χ3v) is 18.9. The van der Waals surface area contributed by atoms with Crippen LogP contribution in [0, 0.1) is 101 Å². The number of alkyl halides is 3. The van der Waals surface area contributed by atoms with E-state index in [1.807, 2.05) is 218 Å². The number of pyridine rings is 5. The zero-order valence-corrected chi connectivity index (χ0v) is 85.2. The molecule has 0 saturated heterocycles. The molecular formula is C106H85F8Ir4N17O4-6. The molecule has 10 heterocycles. The number of carbonyl (C=O) groups is 2. The van der Waals surface area contributed by atoms with Gasteiger partial charge in [-0.15, -0.1) is 120 Å². The van der Waals surface area contributed by atoms with Crippen LogP contribution < -0.4 is 20.2 Å². The molecule has 0 atom stereocenters. The number of aliphatic hydroxyl groups is 2. The second kappa shape index (κ2) is 53.3. The number of hydrazone groups is 2. The zero-order chi connectivity index (χ0) is 96.8. The molecule has 0 saturated carbocycles. The van der Waals surface area contributed by atoms with E-state index in [-0.39, 0.29) is 132 Å². The Morgan fingerprint density at radius 3 is 1.31 bits per heavy atom. The summed E-state index contributed by atoms with van der Waals surface area (Å²) < 4.78 is 103. The van der Waals surface area contributed by atoms with E-state index in [1.165, 1.54) is 27.0 Å². The minimum Gasteiger partial charge on any atom is -0.573 e. The number of nitriles is 2. The van der Waals surface area contributed by atoms with Gasteiger partial charge in [-0.1, -0.05) is 150 Å². The largest absolute Gasteiger partial charge is 0.573 e. The number of hydrogen-bond acceptors (Lipinski definition) is 16. The van der Waals surface area contributed by atoms with Gasteiger partial charge in [0, 0.05) is 158 Å². The van der Waals surface area contributed by atoms with Crippen molar-refractivity contribution < 1.29 is 135 Å². The Hall–Kier alpha value is -14.5. The fourth-order valence-corrected chi connectivity index (χ4v) is 12.6. The van der Waals surface area contributed by atoms with E-state index in [2.05, 4.69) is 97.0 Å². The summed E-state index contributed by atoms with van der Waals surface area (Å²) in [5.41, 5.74) is 14.8. The van der Waals surface area contributed by atoms with Crippen molar-refractivity contribution in [3.05, 3.63) is 414 Å². The number of hydrogen-bond donors (Lipinski definition) is 2. The Balaban J connectivity index is 0.000000216. The fourth-order valence-electron chi connectivity index (χ4n) is 12.6. The Bertz CT molecular complexity index is 6660. The molecule has 4 radical (unpaired) electrons. The summed E-state index contributed by atoms with van der Waals surface area (Å²) in [6.07, 6.45) is 4.05. The van der Waals surface area contributed by atoms with Crippen LogP contribution in [0.3, 0.4) is 0 Å². The molecule has 8 aromatic heterocycles. The Kier molecular flexibility index (Phi) is 42.8. The van der Waals surface area contributed by atoms with Gasteiger partial charge in [-0.3, -0.25) is 38.0 Å². The molecule has 2 N–H and O–H groups in total. The number of carbonyl (C=O) groups excluding carboxylic acids is 2. The molecular weight excluding hydrogens is 2500 g/mol. The monoisotopic (exact) mass is 2580 g/mol. The molecule has 139 heavy (non-hydrogen) atoms. The van der Waals surface area contributed by atoms with E-state index >= 15 is 0 Å². The van der Waals surface area contributed by atoms with Crippen LogP contribution in [0.25, 0.3) is 84.7 Å². The standard InChI is InChI=1S/C16H20N2O2.2C15H9N4.C15H18N2O2.C12H7F3N.C11H5F3N.C11H9F2N2.C11H8N.4Ir/c1-11-14(13(19)10-16(2,3)4)15(20)18(17-11)12-8-6-5-7-9-12;2*16-10-11-4-6-12(7-5-11)14-9-15(19-18-14)13-3-1-2-8-17-13;1-15(2,3)9-13(18)12-10-16-17(14(12)19)11-7-5-4-6-8-11;13-12(14,15)10-6-7-11(16-8-10)9-4-2-1-3-5-9;12-8-6-9(15-11(14)10(8)13)7-4-2-1-3-5-7;1-7-5-8(2)15(14-7)11-4-3-9(12)6-10(11)13;1-2-6-10(7-3-1)11-8-4-5-9-12-11;;;;/h5-9,19H,10H2,1-4H3;2*1-9H;4-8,10,18H,9H2,1-3H3;1-4,6-8H;1-4,6H;3,5-6H,1-2H3;1-6,8-9H;;;;/q;2*-1;;4*-1;;;;. The Morgan fingerprint density at radius 1 is 0.460 bits per heavy atom. The van der Waals surface area contributed by atoms with Gasteiger partial charge in [0.05, 0.1) is 63.4 Å². The van der Waals surface area contributed by atoms with E-state index in [0.29, 0.717) is 63.4 Å². The number of aryl methyl sites for hydroxylation is 2. The van der Waals surface area contributed by atoms with Crippen molar-refractivity contribution in [2.75, 3.05) is 10.0 Å². The summed E-state index contributed by atoms with van der Waals surface area (Å²) in [5, 5.41) is 69.4. The van der Waals surface area contributed by atoms with Crippen LogP contribution in [0.1, 0.15) is 89.4 Å². The maximum atomic E-state index is 13.4. The first-order valence-corrected chi connectivity index (χ1v) is 41.6. The van der Waals surface area contributed by atoms with Crippen LogP contribution >= 0.6 is 0 Å². The molecule has 16 aromatic rings. The summed E-state index contributed by atoms with van der Waals surface area (Å²) in [6, 6.07) is 97.7. The molecule has 2 amide bonds. The second-order valence-corrected chi connectivity index (χ2v) is 32.0. The van der Waals surface area contributed by atoms with Gasteiger partial charge in [-0.25, -0.2) is 4.39 Å². The van der Waals surface area contributed by atoms with Gasteiger partial charge in [0.2, 0.25) is 11.8 Å². The number of halogens is 8. The van der Waals surface area contributed by atoms with Crippen molar-refractivity contribution in [2.45, 2.75) is 81.3 Å². The molecule has 2 aliphatic heterocycles. The van der Waals surface area contributed by atoms with Crippen LogP contribution in [-0.2, 0) is 96.2 Å². The molecule has 18 rings (SSSR count). The van der Waals surface area contributed by atoms with Crippen LogP contribution in [0.5, 0.6) is 0 Å². The maximum Gasteiger partial charge on any atom is 0.417 e. The number of aromatic nitrogens is 11. The van der Waals surface area contributed by atoms with Gasteiger partial charge in [-0.05, 0) is 169 Å². The molecule has 0 aliphatic carbocycles. The summed E-state index contributed by atoms with van der Waals surface area (Å²) in [4.78, 5) is 44.4. The van der Waals surface area contributed by atoms with Crippen LogP contribution in [0.4, 0.5) is 46.5 Å².